The van der Waals surface area contributed by atoms with Gasteiger partial charge in [0, 0.05) is 23.7 Å². The molecule has 0 fully saturated rings. The maximum atomic E-state index is 12.2. The van der Waals surface area contributed by atoms with Crippen molar-refractivity contribution in [2.45, 2.75) is 12.2 Å². The van der Waals surface area contributed by atoms with Gasteiger partial charge in [0.25, 0.3) is 0 Å². The lowest BCUT2D eigenvalue weighted by atomic mass is 10.1. The SMILES string of the molecule is Cc1cc(Br)sc1C1SCC(=O)Nc2c1c(-c1ccccn1)nn2C. The number of amides is 1. The van der Waals surface area contributed by atoms with Crippen LogP contribution in [0.1, 0.15) is 21.3 Å². The molecule has 3 aromatic heterocycles. The van der Waals surface area contributed by atoms with E-state index in [1.165, 1.54) is 10.4 Å². The second-order valence-corrected chi connectivity index (χ2v) is 9.34. The van der Waals surface area contributed by atoms with Crippen LogP contribution in [0, 0.1) is 6.92 Å². The van der Waals surface area contributed by atoms with Crippen LogP contribution >= 0.6 is 39.0 Å². The number of aryl methyl sites for hydroxylation is 2. The number of carbonyl (C=O) groups is 1. The average Bonchev–Trinajstić information content (AvgIpc) is 3.03. The highest BCUT2D eigenvalue weighted by Gasteiger charge is 2.33. The smallest absolute Gasteiger partial charge is 0.235 e. The Balaban J connectivity index is 1.96. The Morgan fingerprint density at radius 2 is 2.24 bits per heavy atom. The number of nitrogens with zero attached hydrogens (tertiary/aromatic N) is 3. The molecule has 0 spiro atoms. The summed E-state index contributed by atoms with van der Waals surface area (Å²) in [5.41, 5.74) is 3.87. The van der Waals surface area contributed by atoms with Gasteiger partial charge < -0.3 is 5.32 Å². The van der Waals surface area contributed by atoms with Crippen molar-refractivity contribution in [1.29, 1.82) is 0 Å². The third kappa shape index (κ3) is 3.02. The lowest BCUT2D eigenvalue weighted by Crippen LogP contribution is -2.15. The van der Waals surface area contributed by atoms with E-state index in [2.05, 4.69) is 44.3 Å². The van der Waals surface area contributed by atoms with Gasteiger partial charge in [-0.15, -0.1) is 23.1 Å². The van der Waals surface area contributed by atoms with E-state index in [0.717, 1.165) is 26.6 Å². The van der Waals surface area contributed by atoms with Crippen LogP contribution in [0.4, 0.5) is 5.82 Å². The molecule has 4 heterocycles. The predicted molar refractivity (Wildman–Crippen MR) is 106 cm³/mol. The summed E-state index contributed by atoms with van der Waals surface area (Å²) in [7, 11) is 1.86. The standard InChI is InChI=1S/C17H15BrN4OS2/c1-9-7-11(18)25-15(9)16-13-14(10-5-3-4-6-19-10)21-22(2)17(13)20-12(23)8-24-16/h3-7,16H,8H2,1-2H3,(H,20,23). The number of hydrogen-bond donors (Lipinski definition) is 1. The van der Waals surface area contributed by atoms with Crippen LogP contribution in [0.5, 0.6) is 0 Å². The number of fused-ring (bicyclic) bond motifs is 1. The Morgan fingerprint density at radius 1 is 1.40 bits per heavy atom. The van der Waals surface area contributed by atoms with Gasteiger partial charge in [-0.25, -0.2) is 0 Å². The highest BCUT2D eigenvalue weighted by Crippen LogP contribution is 2.49. The zero-order valence-electron chi connectivity index (χ0n) is 13.6. The minimum atomic E-state index is -0.00223. The van der Waals surface area contributed by atoms with Crippen LogP contribution in [-0.4, -0.2) is 26.4 Å². The lowest BCUT2D eigenvalue weighted by molar-refractivity contribution is -0.113. The maximum Gasteiger partial charge on any atom is 0.235 e. The third-order valence-corrected chi connectivity index (χ3v) is 7.24. The van der Waals surface area contributed by atoms with Crippen LogP contribution in [0.2, 0.25) is 0 Å². The Bertz CT molecular complexity index is 951. The molecular weight excluding hydrogens is 420 g/mol. The normalized spacial score (nSPS) is 17.1. The first kappa shape index (κ1) is 16.8. The molecule has 1 N–H and O–H groups in total. The van der Waals surface area contributed by atoms with Gasteiger partial charge >= 0.3 is 0 Å². The van der Waals surface area contributed by atoms with Gasteiger partial charge in [-0.2, -0.15) is 5.10 Å². The fraction of sp³-hybridized carbons (Fsp3) is 0.235. The number of nitrogens with one attached hydrogen (secondary N) is 1. The number of pyridine rings is 1. The quantitative estimate of drug-likeness (QED) is 0.649. The van der Waals surface area contributed by atoms with E-state index < -0.39 is 0 Å². The van der Waals surface area contributed by atoms with Crippen molar-refractivity contribution >= 4 is 50.8 Å². The monoisotopic (exact) mass is 434 g/mol. The third-order valence-electron chi connectivity index (χ3n) is 4.06. The summed E-state index contributed by atoms with van der Waals surface area (Å²) >= 11 is 6.92. The van der Waals surface area contributed by atoms with Crippen LogP contribution in [-0.2, 0) is 11.8 Å². The summed E-state index contributed by atoms with van der Waals surface area (Å²) in [6.45, 7) is 2.10. The number of anilines is 1. The van der Waals surface area contributed by atoms with Crippen LogP contribution in [0.25, 0.3) is 11.4 Å². The van der Waals surface area contributed by atoms with Crippen molar-refractivity contribution in [3.63, 3.8) is 0 Å². The number of thioether (sulfide) groups is 1. The van der Waals surface area contributed by atoms with Crippen molar-refractivity contribution in [3.05, 3.63) is 50.3 Å². The minimum Gasteiger partial charge on any atom is -0.310 e. The minimum absolute atomic E-state index is 0.00223. The highest BCUT2D eigenvalue weighted by atomic mass is 79.9. The molecule has 1 unspecified atom stereocenters. The molecule has 0 saturated carbocycles. The summed E-state index contributed by atoms with van der Waals surface area (Å²) in [5, 5.41) is 7.72. The molecular formula is C17H15BrN4OS2. The van der Waals surface area contributed by atoms with Gasteiger partial charge in [-0.1, -0.05) is 6.07 Å². The first-order chi connectivity index (χ1) is 12.0. The molecule has 25 heavy (non-hydrogen) atoms. The molecule has 1 amide bonds. The molecule has 128 valence electrons. The zero-order valence-corrected chi connectivity index (χ0v) is 16.8. The van der Waals surface area contributed by atoms with E-state index in [0.29, 0.717) is 5.75 Å². The first-order valence-electron chi connectivity index (χ1n) is 7.70. The molecule has 1 aliphatic heterocycles. The van der Waals surface area contributed by atoms with Crippen molar-refractivity contribution in [3.8, 4) is 11.4 Å². The van der Waals surface area contributed by atoms with E-state index >= 15 is 0 Å². The number of rotatable bonds is 2. The van der Waals surface area contributed by atoms with E-state index in [-0.39, 0.29) is 11.2 Å². The molecule has 3 aromatic rings. The summed E-state index contributed by atoms with van der Waals surface area (Å²) in [5.74, 6) is 1.16. The molecule has 4 rings (SSSR count). The molecule has 1 aliphatic rings. The Morgan fingerprint density at radius 3 is 2.92 bits per heavy atom. The largest absolute Gasteiger partial charge is 0.310 e. The van der Waals surface area contributed by atoms with E-state index in [9.17, 15) is 4.79 Å². The molecule has 1 atom stereocenters. The van der Waals surface area contributed by atoms with Crippen molar-refractivity contribution in [1.82, 2.24) is 14.8 Å². The molecule has 8 heteroatoms. The van der Waals surface area contributed by atoms with Gasteiger partial charge in [0.15, 0.2) is 0 Å². The zero-order chi connectivity index (χ0) is 17.6. The Kier molecular flexibility index (Phi) is 4.43. The molecule has 0 radical (unpaired) electrons. The van der Waals surface area contributed by atoms with E-state index in [1.54, 1.807) is 34.0 Å². The summed E-state index contributed by atoms with van der Waals surface area (Å²) in [4.78, 5) is 17.9. The lowest BCUT2D eigenvalue weighted by Gasteiger charge is -2.15. The van der Waals surface area contributed by atoms with Crippen LogP contribution < -0.4 is 5.32 Å². The van der Waals surface area contributed by atoms with Gasteiger partial charge in [-0.05, 0) is 46.6 Å². The first-order valence-corrected chi connectivity index (χ1v) is 10.4. The van der Waals surface area contributed by atoms with Crippen molar-refractivity contribution in [2.24, 2.45) is 7.05 Å². The Labute approximate surface area is 162 Å². The summed E-state index contributed by atoms with van der Waals surface area (Å²) in [6, 6.07) is 7.92. The number of hydrogen-bond acceptors (Lipinski definition) is 5. The van der Waals surface area contributed by atoms with Gasteiger partial charge in [0.2, 0.25) is 5.91 Å². The van der Waals surface area contributed by atoms with E-state index in [1.807, 2.05) is 25.2 Å². The van der Waals surface area contributed by atoms with Crippen LogP contribution in [0.3, 0.4) is 0 Å². The van der Waals surface area contributed by atoms with Gasteiger partial charge in [0.05, 0.1) is 20.5 Å². The van der Waals surface area contributed by atoms with Crippen LogP contribution in [0.15, 0.2) is 34.2 Å². The molecule has 0 bridgehead atoms. The fourth-order valence-corrected chi connectivity index (χ4v) is 6.19. The summed E-state index contributed by atoms with van der Waals surface area (Å²) in [6.07, 6.45) is 1.76. The van der Waals surface area contributed by atoms with Gasteiger partial charge in [-0.3, -0.25) is 14.5 Å². The number of halogens is 1. The molecule has 0 saturated heterocycles. The fourth-order valence-electron chi connectivity index (χ4n) is 2.96. The van der Waals surface area contributed by atoms with Gasteiger partial charge in [0.1, 0.15) is 11.5 Å². The molecule has 0 aliphatic carbocycles. The highest BCUT2D eigenvalue weighted by molar-refractivity contribution is 9.11. The molecule has 0 aromatic carbocycles. The maximum absolute atomic E-state index is 12.2. The second kappa shape index (κ2) is 6.59. The number of carbonyl (C=O) groups excluding carboxylic acids is 1. The number of thiophene rings is 1. The topological polar surface area (TPSA) is 59.8 Å². The average molecular weight is 435 g/mol. The van der Waals surface area contributed by atoms with Crippen molar-refractivity contribution < 1.29 is 4.79 Å². The van der Waals surface area contributed by atoms with Crippen molar-refractivity contribution in [2.75, 3.05) is 11.1 Å². The molecule has 5 nitrogen and oxygen atoms in total. The van der Waals surface area contributed by atoms with E-state index in [4.69, 9.17) is 0 Å². The summed E-state index contributed by atoms with van der Waals surface area (Å²) < 4.78 is 2.84. The number of aromatic nitrogens is 3. The Hall–Kier alpha value is -1.64. The second-order valence-electron chi connectivity index (χ2n) is 5.79. The predicted octanol–water partition coefficient (Wildman–Crippen LogP) is 4.39.